The lowest BCUT2D eigenvalue weighted by molar-refractivity contribution is 0.579. The van der Waals surface area contributed by atoms with E-state index >= 15 is 0 Å². The highest BCUT2D eigenvalue weighted by Gasteiger charge is 2.17. The molecule has 0 aromatic carbocycles. The Hall–Kier alpha value is -1.83. The Bertz CT molecular complexity index is 659. The first-order chi connectivity index (χ1) is 9.63. The van der Waals surface area contributed by atoms with Crippen molar-refractivity contribution >= 4 is 10.0 Å². The normalized spacial score (nSPS) is 11.4. The van der Waals surface area contributed by atoms with Crippen LogP contribution in [0.15, 0.2) is 47.8 Å². The molecule has 2 aromatic heterocycles. The van der Waals surface area contributed by atoms with E-state index in [1.807, 2.05) is 12.1 Å². The van der Waals surface area contributed by atoms with E-state index in [0.717, 1.165) is 5.56 Å². The molecule has 0 bridgehead atoms. The predicted octanol–water partition coefficient (Wildman–Crippen LogP) is 0.456. The molecule has 0 amide bonds. The Morgan fingerprint density at radius 1 is 1.20 bits per heavy atom. The van der Waals surface area contributed by atoms with Gasteiger partial charge in [0.05, 0.1) is 5.69 Å². The topological polar surface area (TPSA) is 98.0 Å². The van der Waals surface area contributed by atoms with Crippen molar-refractivity contribution in [3.63, 3.8) is 0 Å². The summed E-state index contributed by atoms with van der Waals surface area (Å²) in [5, 5.41) is 0. The highest BCUT2D eigenvalue weighted by Crippen LogP contribution is 2.12. The number of rotatable bonds is 6. The van der Waals surface area contributed by atoms with Crippen molar-refractivity contribution in [2.75, 3.05) is 6.54 Å². The molecule has 0 aliphatic carbocycles. The van der Waals surface area contributed by atoms with E-state index in [1.54, 1.807) is 18.5 Å². The smallest absolute Gasteiger partial charge is 0.242 e. The van der Waals surface area contributed by atoms with Crippen LogP contribution in [0.4, 0.5) is 0 Å². The number of nitrogens with one attached hydrogen (secondary N) is 1. The minimum absolute atomic E-state index is 0.0830. The monoisotopic (exact) mass is 292 g/mol. The van der Waals surface area contributed by atoms with Gasteiger partial charge in [0.1, 0.15) is 4.90 Å². The molecular formula is C13H16N4O2S. The molecule has 2 aromatic rings. The molecule has 2 heterocycles. The van der Waals surface area contributed by atoms with Crippen LogP contribution in [0.2, 0.25) is 0 Å². The third kappa shape index (κ3) is 3.60. The van der Waals surface area contributed by atoms with Gasteiger partial charge in [0, 0.05) is 31.7 Å². The van der Waals surface area contributed by atoms with Crippen LogP contribution in [0.3, 0.4) is 0 Å². The summed E-state index contributed by atoms with van der Waals surface area (Å²) in [4.78, 5) is 8.09. The van der Waals surface area contributed by atoms with Crippen LogP contribution in [-0.2, 0) is 23.0 Å². The summed E-state index contributed by atoms with van der Waals surface area (Å²) in [7, 11) is -3.59. The lowest BCUT2D eigenvalue weighted by atomic mass is 10.2. The number of pyridine rings is 2. The van der Waals surface area contributed by atoms with E-state index in [-0.39, 0.29) is 11.4 Å². The van der Waals surface area contributed by atoms with Gasteiger partial charge in [0.25, 0.3) is 0 Å². The zero-order chi connectivity index (χ0) is 14.4. The Morgan fingerprint density at radius 2 is 2.00 bits per heavy atom. The second kappa shape index (κ2) is 6.56. The molecule has 0 atom stereocenters. The zero-order valence-electron chi connectivity index (χ0n) is 10.9. The molecule has 0 radical (unpaired) electrons. The van der Waals surface area contributed by atoms with Gasteiger partial charge >= 0.3 is 0 Å². The minimum Gasteiger partial charge on any atom is -0.325 e. The average molecular weight is 292 g/mol. The van der Waals surface area contributed by atoms with E-state index in [0.29, 0.717) is 18.7 Å². The van der Waals surface area contributed by atoms with Crippen molar-refractivity contribution in [1.82, 2.24) is 14.7 Å². The van der Waals surface area contributed by atoms with Crippen LogP contribution >= 0.6 is 0 Å². The maximum absolute atomic E-state index is 12.2. The minimum atomic E-state index is -3.59. The van der Waals surface area contributed by atoms with Gasteiger partial charge in [-0.3, -0.25) is 9.97 Å². The Labute approximate surface area is 118 Å². The van der Waals surface area contributed by atoms with Crippen molar-refractivity contribution in [3.8, 4) is 0 Å². The third-order valence-corrected chi connectivity index (χ3v) is 4.29. The van der Waals surface area contributed by atoms with Crippen LogP contribution in [0.25, 0.3) is 0 Å². The number of sulfonamides is 1. The Balaban J connectivity index is 2.04. The van der Waals surface area contributed by atoms with Crippen LogP contribution in [-0.4, -0.2) is 24.9 Å². The molecule has 0 aliphatic rings. The Kier molecular flexibility index (Phi) is 4.78. The zero-order valence-corrected chi connectivity index (χ0v) is 11.7. The lowest BCUT2D eigenvalue weighted by Gasteiger charge is -2.09. The summed E-state index contributed by atoms with van der Waals surface area (Å²) >= 11 is 0. The highest BCUT2D eigenvalue weighted by atomic mass is 32.2. The molecule has 2 rings (SSSR count). The fourth-order valence-corrected chi connectivity index (χ4v) is 3.00. The van der Waals surface area contributed by atoms with Gasteiger partial charge in [-0.2, -0.15) is 0 Å². The summed E-state index contributed by atoms with van der Waals surface area (Å²) in [6.07, 6.45) is 5.49. The largest absolute Gasteiger partial charge is 0.325 e. The molecule has 20 heavy (non-hydrogen) atoms. The standard InChI is InChI=1S/C13H16N4O2S/c14-9-12-13(4-2-7-16-12)20(18,19)17-8-5-11-3-1-6-15-10-11/h1-4,6-7,10,17H,5,8-9,14H2. The lowest BCUT2D eigenvalue weighted by Crippen LogP contribution is -2.27. The van der Waals surface area contributed by atoms with Crippen LogP contribution in [0.1, 0.15) is 11.3 Å². The molecular weight excluding hydrogens is 276 g/mol. The average Bonchev–Trinajstić information content (AvgIpc) is 2.48. The first-order valence-corrected chi connectivity index (χ1v) is 7.64. The number of hydrogen-bond acceptors (Lipinski definition) is 5. The molecule has 6 nitrogen and oxygen atoms in total. The number of nitrogens with two attached hydrogens (primary N) is 1. The van der Waals surface area contributed by atoms with Gasteiger partial charge < -0.3 is 5.73 Å². The SMILES string of the molecule is NCc1ncccc1S(=O)(=O)NCCc1cccnc1. The summed E-state index contributed by atoms with van der Waals surface area (Å²) in [6, 6.07) is 6.80. The second-order valence-corrected chi connectivity index (χ2v) is 5.90. The van der Waals surface area contributed by atoms with Gasteiger partial charge in [-0.1, -0.05) is 6.07 Å². The number of aromatic nitrogens is 2. The summed E-state index contributed by atoms with van der Waals surface area (Å²) in [5.41, 5.74) is 6.84. The van der Waals surface area contributed by atoms with E-state index in [4.69, 9.17) is 5.73 Å². The van der Waals surface area contributed by atoms with E-state index in [9.17, 15) is 8.42 Å². The summed E-state index contributed by atoms with van der Waals surface area (Å²) in [6.45, 7) is 0.382. The first kappa shape index (κ1) is 14.6. The van der Waals surface area contributed by atoms with Crippen molar-refractivity contribution < 1.29 is 8.42 Å². The van der Waals surface area contributed by atoms with Gasteiger partial charge in [-0.15, -0.1) is 0 Å². The van der Waals surface area contributed by atoms with Crippen molar-refractivity contribution in [1.29, 1.82) is 0 Å². The molecule has 0 unspecified atom stereocenters. The molecule has 3 N–H and O–H groups in total. The van der Waals surface area contributed by atoms with E-state index in [1.165, 1.54) is 12.3 Å². The van der Waals surface area contributed by atoms with Crippen molar-refractivity contribution in [3.05, 3.63) is 54.1 Å². The quantitative estimate of drug-likeness (QED) is 0.806. The molecule has 0 spiro atoms. The van der Waals surface area contributed by atoms with Gasteiger partial charge in [0.2, 0.25) is 10.0 Å². The highest BCUT2D eigenvalue weighted by molar-refractivity contribution is 7.89. The predicted molar refractivity (Wildman–Crippen MR) is 75.3 cm³/mol. The maximum Gasteiger partial charge on any atom is 0.242 e. The number of nitrogens with zero attached hydrogens (tertiary/aromatic N) is 2. The molecule has 0 saturated carbocycles. The molecule has 7 heteroatoms. The summed E-state index contributed by atoms with van der Waals surface area (Å²) in [5.74, 6) is 0. The van der Waals surface area contributed by atoms with Gasteiger partial charge in [-0.25, -0.2) is 13.1 Å². The summed E-state index contributed by atoms with van der Waals surface area (Å²) < 4.78 is 26.9. The van der Waals surface area contributed by atoms with Gasteiger partial charge in [-0.05, 0) is 30.2 Å². The van der Waals surface area contributed by atoms with E-state index in [2.05, 4.69) is 14.7 Å². The Morgan fingerprint density at radius 3 is 2.70 bits per heavy atom. The third-order valence-electron chi connectivity index (χ3n) is 2.76. The molecule has 0 saturated heterocycles. The fourth-order valence-electron chi connectivity index (χ4n) is 1.77. The maximum atomic E-state index is 12.2. The van der Waals surface area contributed by atoms with Crippen LogP contribution in [0.5, 0.6) is 0 Å². The van der Waals surface area contributed by atoms with E-state index < -0.39 is 10.0 Å². The van der Waals surface area contributed by atoms with Gasteiger partial charge in [0.15, 0.2) is 0 Å². The first-order valence-electron chi connectivity index (χ1n) is 6.16. The van der Waals surface area contributed by atoms with Crippen LogP contribution < -0.4 is 10.5 Å². The van der Waals surface area contributed by atoms with Crippen molar-refractivity contribution in [2.24, 2.45) is 5.73 Å². The van der Waals surface area contributed by atoms with Crippen LogP contribution in [0, 0.1) is 0 Å². The molecule has 0 aliphatic heterocycles. The molecule has 0 fully saturated rings. The fraction of sp³-hybridized carbons (Fsp3) is 0.231. The second-order valence-electron chi connectivity index (χ2n) is 4.16. The number of hydrogen-bond donors (Lipinski definition) is 2. The molecule has 106 valence electrons. The van der Waals surface area contributed by atoms with Crippen molar-refractivity contribution in [2.45, 2.75) is 17.9 Å².